The summed E-state index contributed by atoms with van der Waals surface area (Å²) in [5.41, 5.74) is 3.17. The number of esters is 1. The topological polar surface area (TPSA) is 46.5 Å². The monoisotopic (exact) mass is 266 g/mol. The molecule has 0 spiro atoms. The Morgan fingerprint density at radius 2 is 1.84 bits per heavy atom. The lowest BCUT2D eigenvalue weighted by molar-refractivity contribution is -0.134. The Bertz CT molecular complexity index is 371. The summed E-state index contributed by atoms with van der Waals surface area (Å²) in [5, 5.41) is 9.91. The second-order valence-electron chi connectivity index (χ2n) is 5.03. The lowest BCUT2D eigenvalue weighted by atomic mass is 10.0. The number of hydrogen-bond acceptors (Lipinski definition) is 3. The summed E-state index contributed by atoms with van der Waals surface area (Å²) in [6.07, 6.45) is 7.41. The standard InChI is InChI=1S/C16H26O3/c1-12(2)9-10-15(17)14(4)8-6-7-13(3)11-16(18)19-5/h8-9,11,15,17H,6-7,10H2,1-5H3/b13-11+,14-8+. The predicted molar refractivity (Wildman–Crippen MR) is 78.8 cm³/mol. The van der Waals surface area contributed by atoms with Gasteiger partial charge in [-0.2, -0.15) is 0 Å². The molecule has 19 heavy (non-hydrogen) atoms. The SMILES string of the molecule is COC(=O)/C=C(\C)CC/C=C(\C)C(O)CC=C(C)C. The highest BCUT2D eigenvalue weighted by Gasteiger charge is 2.04. The summed E-state index contributed by atoms with van der Waals surface area (Å²) in [6, 6.07) is 0. The van der Waals surface area contributed by atoms with Gasteiger partial charge in [-0.05, 0) is 52.5 Å². The average Bonchev–Trinajstić information content (AvgIpc) is 2.35. The third-order valence-electron chi connectivity index (χ3n) is 2.85. The van der Waals surface area contributed by atoms with Crippen LogP contribution in [0.4, 0.5) is 0 Å². The number of aliphatic hydroxyl groups excluding tert-OH is 1. The van der Waals surface area contributed by atoms with E-state index >= 15 is 0 Å². The molecule has 0 aliphatic rings. The van der Waals surface area contributed by atoms with Crippen molar-refractivity contribution in [1.29, 1.82) is 0 Å². The van der Waals surface area contributed by atoms with E-state index in [-0.39, 0.29) is 5.97 Å². The van der Waals surface area contributed by atoms with Crippen LogP contribution in [0.25, 0.3) is 0 Å². The molecule has 3 nitrogen and oxygen atoms in total. The van der Waals surface area contributed by atoms with Gasteiger partial charge in [0.2, 0.25) is 0 Å². The molecule has 108 valence electrons. The maximum Gasteiger partial charge on any atom is 0.330 e. The predicted octanol–water partition coefficient (Wildman–Crippen LogP) is 3.55. The number of aliphatic hydroxyl groups is 1. The van der Waals surface area contributed by atoms with E-state index in [1.54, 1.807) is 0 Å². The third-order valence-corrected chi connectivity index (χ3v) is 2.85. The first-order valence-corrected chi connectivity index (χ1v) is 6.60. The molecule has 0 rings (SSSR count). The molecule has 0 saturated carbocycles. The van der Waals surface area contributed by atoms with E-state index in [1.807, 2.05) is 39.8 Å². The van der Waals surface area contributed by atoms with Crippen LogP contribution in [-0.2, 0) is 9.53 Å². The molecule has 1 atom stereocenters. The molecule has 0 aromatic heterocycles. The average molecular weight is 266 g/mol. The summed E-state index contributed by atoms with van der Waals surface area (Å²) in [5.74, 6) is -0.318. The van der Waals surface area contributed by atoms with Gasteiger partial charge in [0.15, 0.2) is 0 Å². The zero-order valence-electron chi connectivity index (χ0n) is 12.7. The van der Waals surface area contributed by atoms with Gasteiger partial charge < -0.3 is 9.84 Å². The van der Waals surface area contributed by atoms with Crippen molar-refractivity contribution in [1.82, 2.24) is 0 Å². The molecular formula is C16H26O3. The van der Waals surface area contributed by atoms with Gasteiger partial charge in [-0.1, -0.05) is 23.3 Å². The Balaban J connectivity index is 4.22. The van der Waals surface area contributed by atoms with E-state index in [2.05, 4.69) is 4.74 Å². The number of allylic oxidation sites excluding steroid dienone is 3. The summed E-state index contributed by atoms with van der Waals surface area (Å²) in [4.78, 5) is 11.0. The zero-order chi connectivity index (χ0) is 14.8. The molecule has 0 radical (unpaired) electrons. The van der Waals surface area contributed by atoms with Crippen molar-refractivity contribution in [2.45, 2.75) is 53.1 Å². The van der Waals surface area contributed by atoms with Crippen LogP contribution >= 0.6 is 0 Å². The van der Waals surface area contributed by atoms with E-state index in [9.17, 15) is 9.90 Å². The second-order valence-corrected chi connectivity index (χ2v) is 5.03. The quantitative estimate of drug-likeness (QED) is 0.435. The van der Waals surface area contributed by atoms with E-state index in [4.69, 9.17) is 0 Å². The molecule has 1 unspecified atom stereocenters. The Kier molecular flexibility index (Phi) is 8.88. The molecule has 0 aromatic carbocycles. The molecule has 0 aliphatic carbocycles. The number of carbonyl (C=O) groups excluding carboxylic acids is 1. The van der Waals surface area contributed by atoms with Crippen LogP contribution in [-0.4, -0.2) is 24.3 Å². The second kappa shape index (κ2) is 9.56. The van der Waals surface area contributed by atoms with Crippen molar-refractivity contribution >= 4 is 5.97 Å². The largest absolute Gasteiger partial charge is 0.466 e. The maximum atomic E-state index is 11.0. The fraction of sp³-hybridized carbons (Fsp3) is 0.562. The zero-order valence-corrected chi connectivity index (χ0v) is 12.7. The first kappa shape index (κ1) is 17.6. The molecule has 0 aliphatic heterocycles. The van der Waals surface area contributed by atoms with Gasteiger partial charge in [0.25, 0.3) is 0 Å². The highest BCUT2D eigenvalue weighted by molar-refractivity contribution is 5.82. The highest BCUT2D eigenvalue weighted by Crippen LogP contribution is 2.12. The highest BCUT2D eigenvalue weighted by atomic mass is 16.5. The van der Waals surface area contributed by atoms with Crippen LogP contribution < -0.4 is 0 Å². The van der Waals surface area contributed by atoms with Crippen molar-refractivity contribution in [3.63, 3.8) is 0 Å². The summed E-state index contributed by atoms with van der Waals surface area (Å²) >= 11 is 0. The Labute approximate surface area is 116 Å². The molecule has 0 amide bonds. The van der Waals surface area contributed by atoms with Gasteiger partial charge in [-0.15, -0.1) is 0 Å². The van der Waals surface area contributed by atoms with Crippen LogP contribution in [0.3, 0.4) is 0 Å². The number of rotatable bonds is 7. The Morgan fingerprint density at radius 1 is 1.21 bits per heavy atom. The number of hydrogen-bond donors (Lipinski definition) is 1. The molecule has 0 bridgehead atoms. The summed E-state index contributed by atoms with van der Waals surface area (Å²) in [6.45, 7) is 7.88. The van der Waals surface area contributed by atoms with Gasteiger partial charge in [0.05, 0.1) is 13.2 Å². The van der Waals surface area contributed by atoms with E-state index in [0.717, 1.165) is 24.0 Å². The van der Waals surface area contributed by atoms with Crippen molar-refractivity contribution in [2.75, 3.05) is 7.11 Å². The van der Waals surface area contributed by atoms with Gasteiger partial charge in [0.1, 0.15) is 0 Å². The maximum absolute atomic E-state index is 11.0. The molecular weight excluding hydrogens is 240 g/mol. The van der Waals surface area contributed by atoms with Gasteiger partial charge in [0, 0.05) is 6.08 Å². The van der Waals surface area contributed by atoms with Crippen LogP contribution in [0.1, 0.15) is 47.0 Å². The Morgan fingerprint density at radius 3 is 2.37 bits per heavy atom. The minimum Gasteiger partial charge on any atom is -0.466 e. The minimum absolute atomic E-state index is 0.318. The first-order chi connectivity index (χ1) is 8.86. The summed E-state index contributed by atoms with van der Waals surface area (Å²) in [7, 11) is 1.37. The van der Waals surface area contributed by atoms with E-state index in [0.29, 0.717) is 6.42 Å². The molecule has 3 heteroatoms. The molecule has 0 saturated heterocycles. The van der Waals surface area contributed by atoms with Gasteiger partial charge in [-0.25, -0.2) is 4.79 Å². The van der Waals surface area contributed by atoms with E-state index < -0.39 is 6.10 Å². The van der Waals surface area contributed by atoms with Crippen LogP contribution in [0.2, 0.25) is 0 Å². The first-order valence-electron chi connectivity index (χ1n) is 6.60. The van der Waals surface area contributed by atoms with Crippen molar-refractivity contribution < 1.29 is 14.6 Å². The number of ether oxygens (including phenoxy) is 1. The molecule has 0 aromatic rings. The number of carbonyl (C=O) groups is 1. The van der Waals surface area contributed by atoms with Crippen LogP contribution in [0, 0.1) is 0 Å². The summed E-state index contributed by atoms with van der Waals surface area (Å²) < 4.78 is 4.56. The van der Waals surface area contributed by atoms with Crippen molar-refractivity contribution in [3.05, 3.63) is 34.9 Å². The van der Waals surface area contributed by atoms with E-state index in [1.165, 1.54) is 18.8 Å². The Hall–Kier alpha value is -1.35. The fourth-order valence-corrected chi connectivity index (χ4v) is 1.53. The van der Waals surface area contributed by atoms with Gasteiger partial charge >= 0.3 is 5.97 Å². The smallest absolute Gasteiger partial charge is 0.330 e. The normalized spacial score (nSPS) is 14.0. The van der Waals surface area contributed by atoms with Crippen LogP contribution in [0.15, 0.2) is 34.9 Å². The van der Waals surface area contributed by atoms with Crippen molar-refractivity contribution in [3.8, 4) is 0 Å². The molecule has 0 heterocycles. The lowest BCUT2D eigenvalue weighted by Crippen LogP contribution is -2.06. The molecule has 1 N–H and O–H groups in total. The minimum atomic E-state index is -0.417. The lowest BCUT2D eigenvalue weighted by Gasteiger charge is -2.09. The fourth-order valence-electron chi connectivity index (χ4n) is 1.53. The van der Waals surface area contributed by atoms with Crippen molar-refractivity contribution in [2.24, 2.45) is 0 Å². The van der Waals surface area contributed by atoms with Gasteiger partial charge in [-0.3, -0.25) is 0 Å². The number of methoxy groups -OCH3 is 1. The third kappa shape index (κ3) is 9.25. The molecule has 0 fully saturated rings. The van der Waals surface area contributed by atoms with Crippen LogP contribution in [0.5, 0.6) is 0 Å².